The van der Waals surface area contributed by atoms with Gasteiger partial charge < -0.3 is 14.9 Å². The zero-order valence-electron chi connectivity index (χ0n) is 7.34. The lowest BCUT2D eigenvalue weighted by Crippen LogP contribution is -2.39. The first kappa shape index (κ1) is 9.21. The van der Waals surface area contributed by atoms with Crippen molar-refractivity contribution in [3.05, 3.63) is 12.2 Å². The molecule has 3 atom stereocenters. The first-order valence-electron chi connectivity index (χ1n) is 4.35. The zero-order chi connectivity index (χ0) is 10.3. The summed E-state index contributed by atoms with van der Waals surface area (Å²) in [5.41, 5.74) is -1.11. The van der Waals surface area contributed by atoms with Gasteiger partial charge in [0.05, 0.1) is 18.4 Å². The van der Waals surface area contributed by atoms with Crippen LogP contribution in [0, 0.1) is 5.92 Å². The molecule has 2 rings (SSSR count). The molecule has 0 amide bonds. The van der Waals surface area contributed by atoms with E-state index in [-0.39, 0.29) is 12.5 Å². The molecule has 5 heteroatoms. The Morgan fingerprint density at radius 2 is 2.21 bits per heavy atom. The molecular formula is C9H10O5. The summed E-state index contributed by atoms with van der Waals surface area (Å²) >= 11 is 0. The van der Waals surface area contributed by atoms with E-state index < -0.39 is 23.5 Å². The summed E-state index contributed by atoms with van der Waals surface area (Å²) in [7, 11) is 0. The van der Waals surface area contributed by atoms with Crippen LogP contribution in [-0.2, 0) is 14.3 Å². The molecule has 2 aliphatic heterocycles. The highest BCUT2D eigenvalue weighted by Crippen LogP contribution is 2.45. The Bertz CT molecular complexity index is 321. The Balaban J connectivity index is 2.26. The monoisotopic (exact) mass is 198 g/mol. The van der Waals surface area contributed by atoms with E-state index >= 15 is 0 Å². The lowest BCUT2D eigenvalue weighted by Gasteiger charge is -2.25. The van der Waals surface area contributed by atoms with Gasteiger partial charge in [-0.15, -0.1) is 0 Å². The van der Waals surface area contributed by atoms with Gasteiger partial charge in [-0.3, -0.25) is 9.59 Å². The Kier molecular flexibility index (Phi) is 1.85. The van der Waals surface area contributed by atoms with Crippen molar-refractivity contribution >= 4 is 11.9 Å². The van der Waals surface area contributed by atoms with E-state index in [0.717, 1.165) is 0 Å². The smallest absolute Gasteiger partial charge is 0.309 e. The summed E-state index contributed by atoms with van der Waals surface area (Å²) in [5, 5.41) is 17.6. The molecular weight excluding hydrogens is 188 g/mol. The third-order valence-corrected chi connectivity index (χ3v) is 2.75. The molecule has 2 bridgehead atoms. The highest BCUT2D eigenvalue weighted by molar-refractivity contribution is 5.77. The van der Waals surface area contributed by atoms with Crippen LogP contribution in [0.2, 0.25) is 0 Å². The molecule has 0 radical (unpaired) electrons. The summed E-state index contributed by atoms with van der Waals surface area (Å²) in [6.07, 6.45) is 3.18. The lowest BCUT2D eigenvalue weighted by molar-refractivity contribution is -0.150. The molecule has 0 spiro atoms. The van der Waals surface area contributed by atoms with Gasteiger partial charge >= 0.3 is 11.9 Å². The predicted molar refractivity (Wildman–Crippen MR) is 44.7 cm³/mol. The molecule has 3 unspecified atom stereocenters. The Morgan fingerprint density at radius 3 is 2.71 bits per heavy atom. The summed E-state index contributed by atoms with van der Waals surface area (Å²) in [6, 6.07) is 0. The molecule has 0 aromatic heterocycles. The van der Waals surface area contributed by atoms with Gasteiger partial charge in [-0.1, -0.05) is 12.2 Å². The SMILES string of the molecule is O=C(O)CC12C=CC(CC1C(=O)O)O2. The van der Waals surface area contributed by atoms with Crippen LogP contribution in [0.5, 0.6) is 0 Å². The summed E-state index contributed by atoms with van der Waals surface area (Å²) in [4.78, 5) is 21.5. The van der Waals surface area contributed by atoms with Crippen LogP contribution in [0.1, 0.15) is 12.8 Å². The maximum atomic E-state index is 10.9. The van der Waals surface area contributed by atoms with Crippen LogP contribution in [0.4, 0.5) is 0 Å². The molecule has 2 N–H and O–H groups in total. The summed E-state index contributed by atoms with van der Waals surface area (Å²) in [6.45, 7) is 0. The number of fused-ring (bicyclic) bond motifs is 2. The Morgan fingerprint density at radius 1 is 1.50 bits per heavy atom. The van der Waals surface area contributed by atoms with Gasteiger partial charge in [0.15, 0.2) is 0 Å². The molecule has 2 heterocycles. The third kappa shape index (κ3) is 1.21. The van der Waals surface area contributed by atoms with Crippen molar-refractivity contribution in [2.45, 2.75) is 24.5 Å². The first-order chi connectivity index (χ1) is 6.53. The van der Waals surface area contributed by atoms with Crippen molar-refractivity contribution in [3.8, 4) is 0 Å². The summed E-state index contributed by atoms with van der Waals surface area (Å²) in [5.74, 6) is -2.75. The minimum atomic E-state index is -1.11. The lowest BCUT2D eigenvalue weighted by atomic mass is 9.81. The number of hydrogen-bond acceptors (Lipinski definition) is 3. The summed E-state index contributed by atoms with van der Waals surface area (Å²) < 4.78 is 5.37. The third-order valence-electron chi connectivity index (χ3n) is 2.75. The quantitative estimate of drug-likeness (QED) is 0.635. The molecule has 1 saturated heterocycles. The van der Waals surface area contributed by atoms with Crippen LogP contribution in [0.3, 0.4) is 0 Å². The number of aliphatic carboxylic acids is 2. The largest absolute Gasteiger partial charge is 0.481 e. The van der Waals surface area contributed by atoms with Crippen molar-refractivity contribution < 1.29 is 24.5 Å². The zero-order valence-corrected chi connectivity index (χ0v) is 7.34. The second-order valence-corrected chi connectivity index (χ2v) is 3.67. The van der Waals surface area contributed by atoms with Gasteiger partial charge in [0.2, 0.25) is 0 Å². The van der Waals surface area contributed by atoms with Crippen LogP contribution >= 0.6 is 0 Å². The topological polar surface area (TPSA) is 83.8 Å². The number of ether oxygens (including phenoxy) is 1. The van der Waals surface area contributed by atoms with Gasteiger partial charge in [0, 0.05) is 0 Å². The normalized spacial score (nSPS) is 38.9. The Hall–Kier alpha value is -1.36. The van der Waals surface area contributed by atoms with Crippen molar-refractivity contribution in [1.82, 2.24) is 0 Å². The van der Waals surface area contributed by atoms with E-state index in [2.05, 4.69) is 0 Å². The van der Waals surface area contributed by atoms with E-state index in [4.69, 9.17) is 14.9 Å². The first-order valence-corrected chi connectivity index (χ1v) is 4.35. The molecule has 0 aromatic carbocycles. The fourth-order valence-electron chi connectivity index (χ4n) is 2.16. The fourth-order valence-corrected chi connectivity index (χ4v) is 2.16. The Labute approximate surface area is 80.0 Å². The van der Waals surface area contributed by atoms with Crippen molar-refractivity contribution in [3.63, 3.8) is 0 Å². The van der Waals surface area contributed by atoms with E-state index in [1.807, 2.05) is 0 Å². The highest BCUT2D eigenvalue weighted by Gasteiger charge is 2.54. The van der Waals surface area contributed by atoms with Crippen molar-refractivity contribution in [2.24, 2.45) is 5.92 Å². The van der Waals surface area contributed by atoms with E-state index in [0.29, 0.717) is 6.42 Å². The van der Waals surface area contributed by atoms with Crippen LogP contribution < -0.4 is 0 Å². The molecule has 2 aliphatic rings. The average Bonchev–Trinajstić information content (AvgIpc) is 2.58. The fraction of sp³-hybridized carbons (Fsp3) is 0.556. The highest BCUT2D eigenvalue weighted by atomic mass is 16.5. The minimum absolute atomic E-state index is 0.226. The standard InChI is InChI=1S/C9H10O5/c10-7(11)4-9-2-1-5(14-9)3-6(9)8(12)13/h1-2,5-6H,3-4H2,(H,10,11)(H,12,13). The number of rotatable bonds is 3. The van der Waals surface area contributed by atoms with Crippen LogP contribution in [0.15, 0.2) is 12.2 Å². The van der Waals surface area contributed by atoms with Crippen molar-refractivity contribution in [1.29, 1.82) is 0 Å². The van der Waals surface area contributed by atoms with E-state index in [1.54, 1.807) is 12.2 Å². The number of hydrogen-bond donors (Lipinski definition) is 2. The molecule has 14 heavy (non-hydrogen) atoms. The van der Waals surface area contributed by atoms with Crippen LogP contribution in [0.25, 0.3) is 0 Å². The van der Waals surface area contributed by atoms with Gasteiger partial charge in [-0.2, -0.15) is 0 Å². The molecule has 1 fully saturated rings. The molecule has 5 nitrogen and oxygen atoms in total. The van der Waals surface area contributed by atoms with E-state index in [1.165, 1.54) is 0 Å². The van der Waals surface area contributed by atoms with Gasteiger partial charge in [-0.25, -0.2) is 0 Å². The predicted octanol–water partition coefficient (Wildman–Crippen LogP) is 0.259. The maximum absolute atomic E-state index is 10.9. The average molecular weight is 198 g/mol. The number of carbonyl (C=O) groups is 2. The van der Waals surface area contributed by atoms with Crippen molar-refractivity contribution in [2.75, 3.05) is 0 Å². The van der Waals surface area contributed by atoms with Gasteiger partial charge in [0.25, 0.3) is 0 Å². The molecule has 76 valence electrons. The number of carboxylic acid groups (broad SMARTS) is 2. The molecule has 0 aromatic rings. The second kappa shape index (κ2) is 2.81. The van der Waals surface area contributed by atoms with E-state index in [9.17, 15) is 9.59 Å². The molecule has 0 aliphatic carbocycles. The maximum Gasteiger partial charge on any atom is 0.309 e. The second-order valence-electron chi connectivity index (χ2n) is 3.67. The van der Waals surface area contributed by atoms with Gasteiger partial charge in [-0.05, 0) is 6.42 Å². The minimum Gasteiger partial charge on any atom is -0.481 e. The molecule has 0 saturated carbocycles. The van der Waals surface area contributed by atoms with Crippen LogP contribution in [-0.4, -0.2) is 33.9 Å². The number of carboxylic acids is 2. The van der Waals surface area contributed by atoms with Gasteiger partial charge in [0.1, 0.15) is 5.60 Å².